The number of anilines is 1. The van der Waals surface area contributed by atoms with E-state index in [2.05, 4.69) is 28.7 Å². The van der Waals surface area contributed by atoms with E-state index in [9.17, 15) is 9.59 Å². The molecule has 2 rings (SSSR count). The van der Waals surface area contributed by atoms with Crippen LogP contribution >= 0.6 is 11.8 Å². The molecule has 0 aliphatic carbocycles. The number of esters is 1. The molecule has 0 atom stereocenters. The summed E-state index contributed by atoms with van der Waals surface area (Å²) in [6.45, 7) is 7.08. The number of aromatic nitrogens is 2. The summed E-state index contributed by atoms with van der Waals surface area (Å²) in [5.41, 5.74) is 2.91. The number of para-hydroxylation sites is 1. The van der Waals surface area contributed by atoms with Crippen LogP contribution in [0.2, 0.25) is 0 Å². The number of benzene rings is 1. The molecule has 0 saturated heterocycles. The fourth-order valence-electron chi connectivity index (χ4n) is 2.51. The first-order chi connectivity index (χ1) is 12.5. The van der Waals surface area contributed by atoms with Gasteiger partial charge in [-0.3, -0.25) is 4.79 Å². The van der Waals surface area contributed by atoms with Gasteiger partial charge in [0.05, 0.1) is 29.8 Å². The van der Waals surface area contributed by atoms with Gasteiger partial charge in [0.25, 0.3) is 0 Å². The summed E-state index contributed by atoms with van der Waals surface area (Å²) in [7, 11) is 1.32. The summed E-state index contributed by atoms with van der Waals surface area (Å²) in [5, 5.41) is 3.63. The minimum Gasteiger partial charge on any atom is -0.465 e. The highest BCUT2D eigenvalue weighted by molar-refractivity contribution is 7.99. The maximum atomic E-state index is 12.3. The fourth-order valence-corrected chi connectivity index (χ4v) is 3.43. The third-order valence-electron chi connectivity index (χ3n) is 4.10. The van der Waals surface area contributed by atoms with Gasteiger partial charge in [0.1, 0.15) is 0 Å². The second kappa shape index (κ2) is 9.43. The molecule has 2 aromatic rings. The van der Waals surface area contributed by atoms with Gasteiger partial charge in [-0.2, -0.15) is 0 Å². The molecule has 1 aromatic heterocycles. The molecule has 6 nitrogen and oxygen atoms in total. The van der Waals surface area contributed by atoms with Crippen LogP contribution in [-0.4, -0.2) is 34.3 Å². The average molecular weight is 375 g/mol. The number of nitrogens with zero attached hydrogens (tertiary/aromatic N) is 2. The van der Waals surface area contributed by atoms with Gasteiger partial charge in [-0.25, -0.2) is 9.78 Å². The van der Waals surface area contributed by atoms with E-state index in [-0.39, 0.29) is 11.7 Å². The Labute approximate surface area is 158 Å². The number of nitrogens with one attached hydrogen (secondary N) is 1. The molecule has 0 radical (unpaired) electrons. The molecule has 140 valence electrons. The highest BCUT2D eigenvalue weighted by Crippen LogP contribution is 2.23. The lowest BCUT2D eigenvalue weighted by Gasteiger charge is -2.11. The van der Waals surface area contributed by atoms with E-state index in [1.54, 1.807) is 24.3 Å². The molecule has 0 aliphatic heterocycles. The summed E-state index contributed by atoms with van der Waals surface area (Å²) in [6, 6.07) is 6.80. The molecule has 1 heterocycles. The van der Waals surface area contributed by atoms with Crippen molar-refractivity contribution in [2.24, 2.45) is 0 Å². The standard InChI is InChI=1S/C19H25N3O3S/c1-5-6-11-22-14(3)13(2)20-19(22)26-12-17(23)21-16-10-8-7-9-15(16)18(24)25-4/h7-10H,5-6,11-12H2,1-4H3,(H,21,23). The molecular weight excluding hydrogens is 350 g/mol. The molecular formula is C19H25N3O3S. The highest BCUT2D eigenvalue weighted by atomic mass is 32.2. The Morgan fingerprint density at radius 3 is 2.69 bits per heavy atom. The van der Waals surface area contributed by atoms with Gasteiger partial charge in [-0.15, -0.1) is 0 Å². The summed E-state index contributed by atoms with van der Waals surface area (Å²) < 4.78 is 6.91. The van der Waals surface area contributed by atoms with Gasteiger partial charge in [0.2, 0.25) is 5.91 Å². The first-order valence-electron chi connectivity index (χ1n) is 8.61. The lowest BCUT2D eigenvalue weighted by molar-refractivity contribution is -0.113. The predicted molar refractivity (Wildman–Crippen MR) is 104 cm³/mol. The SMILES string of the molecule is CCCCn1c(SCC(=O)Nc2ccccc2C(=O)OC)nc(C)c1C. The molecule has 1 N–H and O–H groups in total. The zero-order valence-electron chi connectivity index (χ0n) is 15.7. The first kappa shape index (κ1) is 20.0. The van der Waals surface area contributed by atoms with Gasteiger partial charge < -0.3 is 14.6 Å². The van der Waals surface area contributed by atoms with Crippen molar-refractivity contribution in [2.75, 3.05) is 18.2 Å². The number of thioether (sulfide) groups is 1. The largest absolute Gasteiger partial charge is 0.465 e. The molecule has 0 spiro atoms. The van der Waals surface area contributed by atoms with Crippen molar-refractivity contribution in [3.63, 3.8) is 0 Å². The van der Waals surface area contributed by atoms with Crippen molar-refractivity contribution in [3.05, 3.63) is 41.2 Å². The molecule has 0 unspecified atom stereocenters. The van der Waals surface area contributed by atoms with E-state index < -0.39 is 5.97 Å². The van der Waals surface area contributed by atoms with Crippen molar-refractivity contribution < 1.29 is 14.3 Å². The van der Waals surface area contributed by atoms with Gasteiger partial charge in [-0.05, 0) is 32.4 Å². The average Bonchev–Trinajstić information content (AvgIpc) is 2.91. The zero-order chi connectivity index (χ0) is 19.1. The number of amides is 1. The number of hydrogen-bond acceptors (Lipinski definition) is 5. The van der Waals surface area contributed by atoms with Gasteiger partial charge in [0.15, 0.2) is 5.16 Å². The van der Waals surface area contributed by atoms with E-state index in [1.807, 2.05) is 6.92 Å². The van der Waals surface area contributed by atoms with Crippen LogP contribution in [-0.2, 0) is 16.1 Å². The third kappa shape index (κ3) is 4.88. The van der Waals surface area contributed by atoms with E-state index in [4.69, 9.17) is 4.74 Å². The highest BCUT2D eigenvalue weighted by Gasteiger charge is 2.16. The number of methoxy groups -OCH3 is 1. The number of carbonyl (C=O) groups excluding carboxylic acids is 2. The molecule has 0 bridgehead atoms. The van der Waals surface area contributed by atoms with Crippen molar-refractivity contribution in [1.29, 1.82) is 0 Å². The summed E-state index contributed by atoms with van der Waals surface area (Å²) >= 11 is 1.40. The molecule has 1 amide bonds. The molecule has 7 heteroatoms. The number of rotatable bonds is 8. The van der Waals surface area contributed by atoms with Crippen LogP contribution in [0.3, 0.4) is 0 Å². The first-order valence-corrected chi connectivity index (χ1v) is 9.60. The van der Waals surface area contributed by atoms with Gasteiger partial charge in [-0.1, -0.05) is 37.2 Å². The number of imidazole rings is 1. The smallest absolute Gasteiger partial charge is 0.339 e. The maximum absolute atomic E-state index is 12.3. The quantitative estimate of drug-likeness (QED) is 0.561. The van der Waals surface area contributed by atoms with Gasteiger partial charge in [0, 0.05) is 12.2 Å². The number of hydrogen-bond donors (Lipinski definition) is 1. The van der Waals surface area contributed by atoms with Crippen LogP contribution in [0.15, 0.2) is 29.4 Å². The molecule has 26 heavy (non-hydrogen) atoms. The van der Waals surface area contributed by atoms with Crippen LogP contribution in [0, 0.1) is 13.8 Å². The summed E-state index contributed by atoms with van der Waals surface area (Å²) in [6.07, 6.45) is 2.18. The van der Waals surface area contributed by atoms with E-state index >= 15 is 0 Å². The normalized spacial score (nSPS) is 10.6. The summed E-state index contributed by atoms with van der Waals surface area (Å²) in [4.78, 5) is 28.7. The third-order valence-corrected chi connectivity index (χ3v) is 5.07. The second-order valence-corrected chi connectivity index (χ2v) is 6.89. The van der Waals surface area contributed by atoms with Crippen molar-refractivity contribution >= 4 is 29.3 Å². The van der Waals surface area contributed by atoms with Crippen molar-refractivity contribution in [3.8, 4) is 0 Å². The Balaban J connectivity index is 2.04. The van der Waals surface area contributed by atoms with E-state index in [0.717, 1.165) is 35.9 Å². The Morgan fingerprint density at radius 2 is 2.00 bits per heavy atom. The fraction of sp³-hybridized carbons (Fsp3) is 0.421. The van der Waals surface area contributed by atoms with E-state index in [1.165, 1.54) is 18.9 Å². The lowest BCUT2D eigenvalue weighted by atomic mass is 10.2. The minimum absolute atomic E-state index is 0.188. The predicted octanol–water partition coefficient (Wildman–Crippen LogP) is 3.82. The Kier molecular flexibility index (Phi) is 7.26. The van der Waals surface area contributed by atoms with Crippen molar-refractivity contribution in [1.82, 2.24) is 9.55 Å². The number of unbranched alkanes of at least 4 members (excludes halogenated alkanes) is 1. The monoisotopic (exact) mass is 375 g/mol. The van der Waals surface area contributed by atoms with Crippen LogP contribution < -0.4 is 5.32 Å². The molecule has 0 saturated carbocycles. The molecule has 1 aromatic carbocycles. The Bertz CT molecular complexity index is 786. The lowest BCUT2D eigenvalue weighted by Crippen LogP contribution is -2.17. The van der Waals surface area contributed by atoms with Crippen LogP contribution in [0.1, 0.15) is 41.5 Å². The van der Waals surface area contributed by atoms with Crippen LogP contribution in [0.25, 0.3) is 0 Å². The molecule has 0 fully saturated rings. The van der Waals surface area contributed by atoms with Crippen molar-refractivity contribution in [2.45, 2.75) is 45.3 Å². The number of aryl methyl sites for hydroxylation is 1. The topological polar surface area (TPSA) is 73.2 Å². The zero-order valence-corrected chi connectivity index (χ0v) is 16.5. The van der Waals surface area contributed by atoms with Crippen LogP contribution in [0.5, 0.6) is 0 Å². The van der Waals surface area contributed by atoms with Crippen LogP contribution in [0.4, 0.5) is 5.69 Å². The second-order valence-electron chi connectivity index (χ2n) is 5.94. The summed E-state index contributed by atoms with van der Waals surface area (Å²) in [5.74, 6) is -0.445. The minimum atomic E-state index is -0.477. The Morgan fingerprint density at radius 1 is 1.27 bits per heavy atom. The van der Waals surface area contributed by atoms with Gasteiger partial charge >= 0.3 is 5.97 Å². The number of ether oxygens (including phenoxy) is 1. The van der Waals surface area contributed by atoms with E-state index in [0.29, 0.717) is 11.3 Å². The molecule has 0 aliphatic rings. The number of carbonyl (C=O) groups is 2. The Hall–Kier alpha value is -2.28. The maximum Gasteiger partial charge on any atom is 0.339 e.